The molecule has 0 amide bonds. The fraction of sp³-hybridized carbons (Fsp3) is 0.0750. The second-order valence-electron chi connectivity index (χ2n) is 11.5. The van der Waals surface area contributed by atoms with Gasteiger partial charge in [0.15, 0.2) is 0 Å². The Morgan fingerprint density at radius 2 is 1.23 bits per heavy atom. The van der Waals surface area contributed by atoms with Crippen molar-refractivity contribution >= 4 is 27.5 Å². The molecule has 1 aliphatic heterocycles. The third-order valence-corrected chi connectivity index (χ3v) is 8.87. The van der Waals surface area contributed by atoms with Crippen molar-refractivity contribution in [3.63, 3.8) is 0 Å². The van der Waals surface area contributed by atoms with Crippen LogP contribution in [0.5, 0.6) is 0 Å². The Balaban J connectivity index is 1.44. The summed E-state index contributed by atoms with van der Waals surface area (Å²) in [6.45, 7) is 0.835. The zero-order chi connectivity index (χ0) is 29.5. The zero-order valence-corrected chi connectivity index (χ0v) is 24.6. The maximum atomic E-state index is 5.02. The minimum absolute atomic E-state index is 0.619. The van der Waals surface area contributed by atoms with Gasteiger partial charge in [-0.25, -0.2) is 0 Å². The van der Waals surface area contributed by atoms with E-state index >= 15 is 0 Å². The third kappa shape index (κ3) is 4.10. The summed E-state index contributed by atoms with van der Waals surface area (Å²) < 4.78 is 2.42. The topological polar surface area (TPSA) is 24.3 Å². The van der Waals surface area contributed by atoms with Crippen molar-refractivity contribution in [2.24, 2.45) is 0 Å². The molecule has 5 aromatic carbocycles. The number of rotatable bonds is 6. The number of hydrogen-bond acceptors (Lipinski definition) is 3. The van der Waals surface area contributed by atoms with Crippen LogP contribution >= 0.6 is 0 Å². The molecule has 0 aliphatic carbocycles. The van der Waals surface area contributed by atoms with Crippen molar-refractivity contribution in [1.82, 2.24) is 14.5 Å². The lowest BCUT2D eigenvalue weighted by molar-refractivity contribution is 0.496. The highest BCUT2D eigenvalue weighted by atomic mass is 15.3. The summed E-state index contributed by atoms with van der Waals surface area (Å²) in [5, 5.41) is 2.47. The minimum Gasteiger partial charge on any atom is -0.361 e. The largest absolute Gasteiger partial charge is 0.361 e. The highest BCUT2D eigenvalue weighted by Crippen LogP contribution is 2.46. The van der Waals surface area contributed by atoms with Crippen molar-refractivity contribution in [2.75, 3.05) is 18.6 Å². The van der Waals surface area contributed by atoms with Crippen molar-refractivity contribution in [1.29, 1.82) is 0 Å². The summed E-state index contributed by atoms with van der Waals surface area (Å²) in [6, 6.07) is 52.4. The third-order valence-electron chi connectivity index (χ3n) is 8.87. The number of fused-ring (bicyclic) bond motifs is 3. The molecular formula is C40H32N4. The molecule has 0 bridgehead atoms. The van der Waals surface area contributed by atoms with E-state index in [1.807, 2.05) is 12.3 Å². The Morgan fingerprint density at radius 3 is 1.93 bits per heavy atom. The van der Waals surface area contributed by atoms with Crippen LogP contribution in [0.4, 0.5) is 5.69 Å². The van der Waals surface area contributed by atoms with Gasteiger partial charge in [-0.2, -0.15) is 0 Å². The van der Waals surface area contributed by atoms with Crippen LogP contribution in [0.2, 0.25) is 0 Å². The molecule has 1 aliphatic rings. The summed E-state index contributed by atoms with van der Waals surface area (Å²) >= 11 is 0. The molecule has 0 atom stereocenters. The van der Waals surface area contributed by atoms with E-state index in [0.29, 0.717) is 0 Å². The zero-order valence-electron chi connectivity index (χ0n) is 24.6. The lowest BCUT2D eigenvalue weighted by Gasteiger charge is -2.35. The van der Waals surface area contributed by atoms with Crippen molar-refractivity contribution in [3.8, 4) is 5.69 Å². The molecule has 0 radical (unpaired) electrons. The highest BCUT2D eigenvalue weighted by molar-refractivity contribution is 6.09. The van der Waals surface area contributed by atoms with Gasteiger partial charge in [0.1, 0.15) is 0 Å². The maximum absolute atomic E-state index is 5.02. The molecule has 4 nitrogen and oxygen atoms in total. The van der Waals surface area contributed by atoms with E-state index < -0.39 is 5.41 Å². The Labute approximate surface area is 257 Å². The number of hydrogen-bond donors (Lipinski definition) is 0. The van der Waals surface area contributed by atoms with Gasteiger partial charge < -0.3 is 14.4 Å². The van der Waals surface area contributed by atoms with E-state index in [1.54, 1.807) is 0 Å². The molecule has 212 valence electrons. The van der Waals surface area contributed by atoms with Gasteiger partial charge in [0.05, 0.1) is 28.8 Å². The number of nitrogens with zero attached hydrogens (tertiary/aromatic N) is 4. The number of anilines is 1. The molecule has 0 saturated carbocycles. The summed E-state index contributed by atoms with van der Waals surface area (Å²) in [5.74, 6) is 0. The Hall–Kier alpha value is -5.61. The first kappa shape index (κ1) is 26.1. The molecule has 2 aromatic heterocycles. The van der Waals surface area contributed by atoms with Crippen LogP contribution in [-0.2, 0) is 5.41 Å². The normalized spacial score (nSPS) is 13.3. The SMILES string of the molecule is CN1C=CN(c2cccc(-n3c4ccccc4c4ccc(C(c5ccccc5)(c5ccccc5)c5ccccn5)cc43)c2)C1. The number of benzene rings is 5. The average Bonchev–Trinajstić information content (AvgIpc) is 3.68. The molecule has 8 rings (SSSR count). The predicted molar refractivity (Wildman–Crippen MR) is 181 cm³/mol. The van der Waals surface area contributed by atoms with Crippen LogP contribution < -0.4 is 4.90 Å². The van der Waals surface area contributed by atoms with E-state index in [4.69, 9.17) is 4.98 Å². The standard InChI is InChI=1S/C40H32N4/c1-42-25-26-43(29-42)33-17-12-18-34(28-33)44-37-20-9-8-19-35(37)36-23-22-32(27-38(36)44)40(30-13-4-2-5-14-30,31-15-6-3-7-16-31)39-21-10-11-24-41-39/h2-28H,29H2,1H3. The first-order chi connectivity index (χ1) is 21.7. The molecule has 0 spiro atoms. The molecule has 4 heteroatoms. The number of para-hydroxylation sites is 1. The number of aromatic nitrogens is 2. The molecule has 3 heterocycles. The van der Waals surface area contributed by atoms with Crippen LogP contribution in [0.25, 0.3) is 27.5 Å². The van der Waals surface area contributed by atoms with Crippen LogP contribution in [0, 0.1) is 0 Å². The Bertz CT molecular complexity index is 2020. The summed E-state index contributed by atoms with van der Waals surface area (Å²) in [5.41, 5.74) is 8.56. The highest BCUT2D eigenvalue weighted by Gasteiger charge is 2.40. The lowest BCUT2D eigenvalue weighted by atomic mass is 9.67. The van der Waals surface area contributed by atoms with Crippen LogP contribution in [0.15, 0.2) is 164 Å². The van der Waals surface area contributed by atoms with E-state index in [9.17, 15) is 0 Å². The second-order valence-corrected chi connectivity index (χ2v) is 11.5. The molecular weight excluding hydrogens is 536 g/mol. The average molecular weight is 569 g/mol. The smallest absolute Gasteiger partial charge is 0.0938 e. The van der Waals surface area contributed by atoms with E-state index in [2.05, 4.69) is 173 Å². The lowest BCUT2D eigenvalue weighted by Crippen LogP contribution is -2.32. The van der Waals surface area contributed by atoms with Gasteiger partial charge >= 0.3 is 0 Å². The monoisotopic (exact) mass is 568 g/mol. The fourth-order valence-corrected chi connectivity index (χ4v) is 6.89. The Kier molecular flexibility index (Phi) is 6.27. The van der Waals surface area contributed by atoms with Crippen molar-refractivity contribution in [2.45, 2.75) is 5.41 Å². The molecule has 0 fully saturated rings. The predicted octanol–water partition coefficient (Wildman–Crippen LogP) is 8.74. The first-order valence-electron chi connectivity index (χ1n) is 15.1. The molecule has 44 heavy (non-hydrogen) atoms. The maximum Gasteiger partial charge on any atom is 0.0938 e. The van der Waals surface area contributed by atoms with Crippen LogP contribution in [-0.4, -0.2) is 28.2 Å². The van der Waals surface area contributed by atoms with Gasteiger partial charge in [0, 0.05) is 47.8 Å². The van der Waals surface area contributed by atoms with Gasteiger partial charge in [-0.3, -0.25) is 4.98 Å². The molecule has 7 aromatic rings. The van der Waals surface area contributed by atoms with E-state index in [-0.39, 0.29) is 0 Å². The summed E-state index contributed by atoms with van der Waals surface area (Å²) in [6.07, 6.45) is 6.16. The van der Waals surface area contributed by atoms with Gasteiger partial charge in [-0.15, -0.1) is 0 Å². The second kappa shape index (κ2) is 10.6. The van der Waals surface area contributed by atoms with Gasteiger partial charge in [0.2, 0.25) is 0 Å². The summed E-state index contributed by atoms with van der Waals surface area (Å²) in [4.78, 5) is 9.48. The fourth-order valence-electron chi connectivity index (χ4n) is 6.89. The van der Waals surface area contributed by atoms with Crippen molar-refractivity contribution < 1.29 is 0 Å². The minimum atomic E-state index is -0.619. The first-order valence-corrected chi connectivity index (χ1v) is 15.1. The Morgan fingerprint density at radius 1 is 0.545 bits per heavy atom. The number of pyridine rings is 1. The quantitative estimate of drug-likeness (QED) is 0.188. The summed E-state index contributed by atoms with van der Waals surface area (Å²) in [7, 11) is 2.10. The molecule has 0 saturated heterocycles. The van der Waals surface area contributed by atoms with Crippen LogP contribution in [0.1, 0.15) is 22.4 Å². The van der Waals surface area contributed by atoms with Crippen LogP contribution in [0.3, 0.4) is 0 Å². The van der Waals surface area contributed by atoms with E-state index in [0.717, 1.165) is 18.1 Å². The van der Waals surface area contributed by atoms with Gasteiger partial charge in [0.25, 0.3) is 0 Å². The van der Waals surface area contributed by atoms with E-state index in [1.165, 1.54) is 44.2 Å². The molecule has 0 N–H and O–H groups in total. The van der Waals surface area contributed by atoms with Crippen molar-refractivity contribution in [3.05, 3.63) is 187 Å². The van der Waals surface area contributed by atoms with Gasteiger partial charge in [-0.1, -0.05) is 103 Å². The van der Waals surface area contributed by atoms with Gasteiger partial charge in [-0.05, 0) is 59.2 Å². The molecule has 0 unspecified atom stereocenters.